The molecule has 0 aliphatic carbocycles. The van der Waals surface area contributed by atoms with Gasteiger partial charge in [-0.1, -0.05) is 89.0 Å². The van der Waals surface area contributed by atoms with E-state index in [1.54, 1.807) is 4.57 Å². The van der Waals surface area contributed by atoms with Gasteiger partial charge in [0.1, 0.15) is 6.61 Å². The summed E-state index contributed by atoms with van der Waals surface area (Å²) in [6.07, 6.45) is 0.359. The van der Waals surface area contributed by atoms with Crippen LogP contribution in [0, 0.1) is 0 Å². The van der Waals surface area contributed by atoms with Gasteiger partial charge in [-0.05, 0) is 42.7 Å². The molecule has 3 aromatic carbocycles. The van der Waals surface area contributed by atoms with Gasteiger partial charge in [-0.2, -0.15) is 0 Å². The van der Waals surface area contributed by atoms with Crippen LogP contribution in [0.3, 0.4) is 0 Å². The molecule has 0 bridgehead atoms. The molecule has 1 heterocycles. The summed E-state index contributed by atoms with van der Waals surface area (Å²) in [5, 5.41) is 8.96. The van der Waals surface area contributed by atoms with Gasteiger partial charge in [0.2, 0.25) is 10.0 Å². The molecule has 0 saturated carbocycles. The van der Waals surface area contributed by atoms with Crippen LogP contribution >= 0.6 is 23.2 Å². The second-order valence-electron chi connectivity index (χ2n) is 7.80. The Morgan fingerprint density at radius 2 is 1.57 bits per heavy atom. The third kappa shape index (κ3) is 6.21. The van der Waals surface area contributed by atoms with Crippen molar-refractivity contribution in [1.29, 1.82) is 0 Å². The maximum atomic E-state index is 13.3. The van der Waals surface area contributed by atoms with E-state index in [1.807, 2.05) is 67.6 Å². The molecule has 1 atom stereocenters. The van der Waals surface area contributed by atoms with E-state index in [0.29, 0.717) is 31.4 Å². The maximum absolute atomic E-state index is 13.3. The minimum atomic E-state index is -3.95. The summed E-state index contributed by atoms with van der Waals surface area (Å²) in [6, 6.07) is 23.1. The Morgan fingerprint density at radius 3 is 2.20 bits per heavy atom. The molecule has 1 aromatic heterocycles. The van der Waals surface area contributed by atoms with Gasteiger partial charge in [0, 0.05) is 6.54 Å². The average molecular weight is 531 g/mol. The minimum absolute atomic E-state index is 0.00748. The second kappa shape index (κ2) is 11.2. The molecule has 1 N–H and O–H groups in total. The Labute approximate surface area is 214 Å². The SMILES string of the molecule is CCn1c(OCc2ccccc2)nnc1[C@@H](Cc1ccccc1)NS(=O)(=O)c1ccc(Cl)c(Cl)c1. The van der Waals surface area contributed by atoms with E-state index in [4.69, 9.17) is 27.9 Å². The van der Waals surface area contributed by atoms with Crippen LogP contribution in [0.25, 0.3) is 0 Å². The van der Waals surface area contributed by atoms with Gasteiger partial charge in [-0.25, -0.2) is 13.1 Å². The van der Waals surface area contributed by atoms with Gasteiger partial charge >= 0.3 is 6.01 Å². The molecule has 4 rings (SSSR count). The number of hydrogen-bond acceptors (Lipinski definition) is 5. The first-order chi connectivity index (χ1) is 16.9. The Hall–Kier alpha value is -2.91. The molecule has 0 radical (unpaired) electrons. The fourth-order valence-corrected chi connectivity index (χ4v) is 5.20. The molecule has 4 aromatic rings. The summed E-state index contributed by atoms with van der Waals surface area (Å²) < 4.78 is 37.0. The average Bonchev–Trinajstić information content (AvgIpc) is 3.28. The number of hydrogen-bond donors (Lipinski definition) is 1. The number of halogens is 2. The first-order valence-electron chi connectivity index (χ1n) is 11.0. The first-order valence-corrected chi connectivity index (χ1v) is 13.2. The highest BCUT2D eigenvalue weighted by Crippen LogP contribution is 2.27. The van der Waals surface area contributed by atoms with Gasteiger partial charge in [-0.15, -0.1) is 5.10 Å². The molecule has 35 heavy (non-hydrogen) atoms. The summed E-state index contributed by atoms with van der Waals surface area (Å²) in [5.74, 6) is 0.447. The predicted octanol–water partition coefficient (Wildman–Crippen LogP) is 5.45. The lowest BCUT2D eigenvalue weighted by Crippen LogP contribution is -2.32. The van der Waals surface area contributed by atoms with E-state index in [1.165, 1.54) is 18.2 Å². The molecule has 10 heteroatoms. The molecule has 0 saturated heterocycles. The minimum Gasteiger partial charge on any atom is -0.459 e. The Kier molecular flexibility index (Phi) is 8.07. The van der Waals surface area contributed by atoms with E-state index >= 15 is 0 Å². The monoisotopic (exact) mass is 530 g/mol. The molecule has 0 spiro atoms. The second-order valence-corrected chi connectivity index (χ2v) is 10.3. The molecule has 0 amide bonds. The molecular formula is C25H24Cl2N4O3S. The Balaban J connectivity index is 1.66. The van der Waals surface area contributed by atoms with E-state index in [0.717, 1.165) is 11.1 Å². The standard InChI is InChI=1S/C25H24Cl2N4O3S/c1-2-31-24(28-29-25(31)34-17-19-11-7-4-8-12-19)23(15-18-9-5-3-6-10-18)30-35(32,33)20-13-14-21(26)22(27)16-20/h3-14,16,23,30H,2,15,17H2,1H3/t23-/m1/s1. The van der Waals surface area contributed by atoms with Gasteiger partial charge in [0.15, 0.2) is 5.82 Å². The van der Waals surface area contributed by atoms with Gasteiger partial charge in [0.05, 0.1) is 21.0 Å². The summed E-state index contributed by atoms with van der Waals surface area (Å²) in [7, 11) is -3.95. The topological polar surface area (TPSA) is 86.1 Å². The first kappa shape index (κ1) is 25.2. The van der Waals surface area contributed by atoms with Crippen LogP contribution in [-0.4, -0.2) is 23.2 Å². The quantitative estimate of drug-likeness (QED) is 0.294. The van der Waals surface area contributed by atoms with Gasteiger partial charge in [-0.3, -0.25) is 4.57 Å². The van der Waals surface area contributed by atoms with Crippen molar-refractivity contribution < 1.29 is 13.2 Å². The predicted molar refractivity (Wildman–Crippen MR) is 136 cm³/mol. The maximum Gasteiger partial charge on any atom is 0.317 e. The zero-order chi connectivity index (χ0) is 24.8. The molecular weight excluding hydrogens is 507 g/mol. The number of ether oxygens (including phenoxy) is 1. The number of benzene rings is 3. The normalized spacial score (nSPS) is 12.4. The van der Waals surface area contributed by atoms with Crippen molar-refractivity contribution in [1.82, 2.24) is 19.5 Å². The molecule has 0 unspecified atom stereocenters. The van der Waals surface area contributed by atoms with Crippen LogP contribution < -0.4 is 9.46 Å². The third-order valence-corrected chi connectivity index (χ3v) is 7.57. The van der Waals surface area contributed by atoms with E-state index < -0.39 is 16.1 Å². The van der Waals surface area contributed by atoms with Crippen LogP contribution in [-0.2, 0) is 29.6 Å². The van der Waals surface area contributed by atoms with Crippen molar-refractivity contribution in [3.05, 3.63) is 106 Å². The van der Waals surface area contributed by atoms with Gasteiger partial charge in [0.25, 0.3) is 0 Å². The highest BCUT2D eigenvalue weighted by atomic mass is 35.5. The fourth-order valence-electron chi connectivity index (χ4n) is 3.62. The van der Waals surface area contributed by atoms with Crippen molar-refractivity contribution >= 4 is 33.2 Å². The number of aromatic nitrogens is 3. The molecule has 7 nitrogen and oxygen atoms in total. The van der Waals surface area contributed by atoms with E-state index in [9.17, 15) is 8.42 Å². The van der Waals surface area contributed by atoms with Crippen molar-refractivity contribution in [2.24, 2.45) is 0 Å². The van der Waals surface area contributed by atoms with E-state index in [2.05, 4.69) is 14.9 Å². The zero-order valence-corrected chi connectivity index (χ0v) is 21.3. The third-order valence-electron chi connectivity index (χ3n) is 5.37. The largest absolute Gasteiger partial charge is 0.459 e. The summed E-state index contributed by atoms with van der Waals surface area (Å²) in [5.41, 5.74) is 1.92. The number of nitrogens with zero attached hydrogens (tertiary/aromatic N) is 3. The molecule has 0 fully saturated rings. The highest BCUT2D eigenvalue weighted by molar-refractivity contribution is 7.89. The number of sulfonamides is 1. The van der Waals surface area contributed by atoms with Crippen LogP contribution in [0.5, 0.6) is 6.01 Å². The smallest absolute Gasteiger partial charge is 0.317 e. The van der Waals surface area contributed by atoms with Crippen molar-refractivity contribution in [3.8, 4) is 6.01 Å². The molecule has 0 aliphatic heterocycles. The van der Waals surface area contributed by atoms with Crippen LogP contribution in [0.4, 0.5) is 0 Å². The van der Waals surface area contributed by atoms with Crippen LogP contribution in [0.15, 0.2) is 83.8 Å². The van der Waals surface area contributed by atoms with E-state index in [-0.39, 0.29) is 14.9 Å². The summed E-state index contributed by atoms with van der Waals surface area (Å²) in [6.45, 7) is 2.73. The van der Waals surface area contributed by atoms with Gasteiger partial charge < -0.3 is 4.74 Å². The number of rotatable bonds is 10. The Morgan fingerprint density at radius 1 is 0.914 bits per heavy atom. The lowest BCUT2D eigenvalue weighted by Gasteiger charge is -2.20. The van der Waals surface area contributed by atoms with Crippen LogP contribution in [0.2, 0.25) is 10.0 Å². The van der Waals surface area contributed by atoms with Crippen molar-refractivity contribution in [3.63, 3.8) is 0 Å². The van der Waals surface area contributed by atoms with Crippen molar-refractivity contribution in [2.75, 3.05) is 0 Å². The summed E-state index contributed by atoms with van der Waals surface area (Å²) in [4.78, 5) is 0.00748. The highest BCUT2D eigenvalue weighted by Gasteiger charge is 2.28. The Bertz CT molecular complexity index is 1380. The van der Waals surface area contributed by atoms with Crippen LogP contribution in [0.1, 0.15) is 29.9 Å². The fraction of sp³-hybridized carbons (Fsp3) is 0.200. The molecule has 182 valence electrons. The zero-order valence-electron chi connectivity index (χ0n) is 18.9. The summed E-state index contributed by atoms with van der Waals surface area (Å²) >= 11 is 12.0. The molecule has 0 aliphatic rings. The lowest BCUT2D eigenvalue weighted by atomic mass is 10.1. The van der Waals surface area contributed by atoms with Crippen molar-refractivity contribution in [2.45, 2.75) is 37.4 Å². The number of nitrogens with one attached hydrogen (secondary N) is 1. The lowest BCUT2D eigenvalue weighted by molar-refractivity contribution is 0.265.